The van der Waals surface area contributed by atoms with Crippen LogP contribution >= 0.6 is 7.26 Å². The van der Waals surface area contributed by atoms with Crippen LogP contribution in [0.25, 0.3) is 0 Å². The smallest absolute Gasteiger partial charge is 0.144 e. The average Bonchev–Trinajstić information content (AvgIpc) is 2.72. The van der Waals surface area contributed by atoms with E-state index in [2.05, 4.69) is 122 Å². The molecule has 2 heteroatoms. The minimum atomic E-state index is -1.93. The van der Waals surface area contributed by atoms with Crippen molar-refractivity contribution in [3.05, 3.63) is 121 Å². The second-order valence-corrected chi connectivity index (χ2v) is 9.92. The zero-order chi connectivity index (χ0) is 17.8. The van der Waals surface area contributed by atoms with Crippen molar-refractivity contribution in [1.82, 2.24) is 0 Å². The van der Waals surface area contributed by atoms with Gasteiger partial charge in [0.25, 0.3) is 0 Å². The molecule has 0 bridgehead atoms. The third-order valence-electron chi connectivity index (χ3n) is 4.85. The highest BCUT2D eigenvalue weighted by Crippen LogP contribution is 2.54. The number of hydrogen-bond acceptors (Lipinski definition) is 0. The summed E-state index contributed by atoms with van der Waals surface area (Å²) >= 11 is 0. The number of rotatable bonds is 4. The summed E-state index contributed by atoms with van der Waals surface area (Å²) in [4.78, 5) is 0. The Morgan fingerprint density at radius 1 is 0.407 bits per heavy atom. The van der Waals surface area contributed by atoms with Gasteiger partial charge >= 0.3 is 0 Å². The number of aryl methyl sites for hydroxylation is 1. The van der Waals surface area contributed by atoms with Crippen molar-refractivity contribution in [1.29, 1.82) is 0 Å². The second kappa shape index (κ2) is 8.82. The molecule has 0 unspecified atom stereocenters. The summed E-state index contributed by atoms with van der Waals surface area (Å²) in [6.07, 6.45) is 0. The van der Waals surface area contributed by atoms with Gasteiger partial charge in [0.15, 0.2) is 0 Å². The fraction of sp³-hybridized carbons (Fsp3) is 0.0400. The van der Waals surface area contributed by atoms with Crippen LogP contribution in [0, 0.1) is 6.92 Å². The molecule has 27 heavy (non-hydrogen) atoms. The maximum atomic E-state index is 2.32. The maximum Gasteiger partial charge on any atom is 0.144 e. The average molecular weight is 480 g/mol. The minimum Gasteiger partial charge on any atom is -1.00 e. The molecule has 0 N–H and O–H groups in total. The molecule has 0 aromatic heterocycles. The Balaban J connectivity index is 0.00000210. The van der Waals surface area contributed by atoms with Crippen molar-refractivity contribution < 1.29 is 24.0 Å². The van der Waals surface area contributed by atoms with E-state index in [1.165, 1.54) is 26.8 Å². The van der Waals surface area contributed by atoms with Crippen LogP contribution in [0.1, 0.15) is 5.56 Å². The van der Waals surface area contributed by atoms with Crippen LogP contribution in [0.2, 0.25) is 0 Å². The summed E-state index contributed by atoms with van der Waals surface area (Å²) in [6.45, 7) is 2.15. The third kappa shape index (κ3) is 3.72. The molecule has 0 aliphatic rings. The molecule has 0 nitrogen and oxygen atoms in total. The van der Waals surface area contributed by atoms with Crippen LogP contribution in [0.5, 0.6) is 0 Å². The second-order valence-electron chi connectivity index (χ2n) is 6.51. The maximum absolute atomic E-state index is 2.32. The normalized spacial score (nSPS) is 10.9. The molecule has 0 radical (unpaired) electrons. The van der Waals surface area contributed by atoms with E-state index in [0.717, 1.165) is 0 Å². The molecule has 0 atom stereocenters. The highest BCUT2D eigenvalue weighted by atomic mass is 127. The van der Waals surface area contributed by atoms with E-state index in [9.17, 15) is 0 Å². The van der Waals surface area contributed by atoms with Gasteiger partial charge in [-0.15, -0.1) is 0 Å². The van der Waals surface area contributed by atoms with E-state index in [4.69, 9.17) is 0 Å². The quantitative estimate of drug-likeness (QED) is 0.308. The van der Waals surface area contributed by atoms with Crippen LogP contribution in [0.15, 0.2) is 115 Å². The molecule has 4 rings (SSSR count). The Morgan fingerprint density at radius 3 is 1.04 bits per heavy atom. The lowest BCUT2D eigenvalue weighted by Crippen LogP contribution is -3.00. The standard InChI is InChI=1S/C25H22P.HI/c1-21-17-19-25(20-18-21)26(22-11-5-2-6-12-22,23-13-7-3-8-14-23)24-15-9-4-10-16-24;/h2-20H,1H3;1H/q+1;/p-1. The van der Waals surface area contributed by atoms with E-state index >= 15 is 0 Å². The first-order valence-corrected chi connectivity index (χ1v) is 10.7. The van der Waals surface area contributed by atoms with Crippen molar-refractivity contribution in [2.24, 2.45) is 0 Å². The van der Waals surface area contributed by atoms with Gasteiger partial charge in [-0.05, 0) is 55.5 Å². The summed E-state index contributed by atoms with van der Waals surface area (Å²) in [5, 5.41) is 5.57. The zero-order valence-corrected chi connectivity index (χ0v) is 18.3. The van der Waals surface area contributed by atoms with Gasteiger partial charge in [-0.1, -0.05) is 72.3 Å². The molecular formula is C25H22IP. The Morgan fingerprint density at radius 2 is 0.704 bits per heavy atom. The van der Waals surface area contributed by atoms with E-state index in [0.29, 0.717) is 0 Å². The van der Waals surface area contributed by atoms with Gasteiger partial charge in [0.2, 0.25) is 0 Å². The molecule has 0 saturated heterocycles. The van der Waals surface area contributed by atoms with Crippen LogP contribution < -0.4 is 45.2 Å². The van der Waals surface area contributed by atoms with Crippen LogP contribution in [-0.4, -0.2) is 0 Å². The molecular weight excluding hydrogens is 458 g/mol. The largest absolute Gasteiger partial charge is 1.00 e. The van der Waals surface area contributed by atoms with Crippen LogP contribution in [0.3, 0.4) is 0 Å². The summed E-state index contributed by atoms with van der Waals surface area (Å²) in [7, 11) is -1.93. The molecule has 0 heterocycles. The van der Waals surface area contributed by atoms with Crippen molar-refractivity contribution in [2.75, 3.05) is 0 Å². The molecule has 0 aliphatic heterocycles. The van der Waals surface area contributed by atoms with Crippen LogP contribution in [0.4, 0.5) is 0 Å². The van der Waals surface area contributed by atoms with E-state index in [1.54, 1.807) is 0 Å². The number of halogens is 1. The molecule has 134 valence electrons. The summed E-state index contributed by atoms with van der Waals surface area (Å²) in [5.41, 5.74) is 1.29. The predicted octanol–water partition coefficient (Wildman–Crippen LogP) is 1.62. The number of hydrogen-bond donors (Lipinski definition) is 0. The molecule has 4 aromatic rings. The topological polar surface area (TPSA) is 0 Å². The first kappa shape index (κ1) is 19.8. The molecule has 0 fully saturated rings. The molecule has 0 aliphatic carbocycles. The van der Waals surface area contributed by atoms with E-state index < -0.39 is 7.26 Å². The van der Waals surface area contributed by atoms with Gasteiger partial charge in [0.05, 0.1) is 0 Å². The fourth-order valence-corrected chi connectivity index (χ4v) is 7.86. The summed E-state index contributed by atoms with van der Waals surface area (Å²) in [6, 6.07) is 42.1. The summed E-state index contributed by atoms with van der Waals surface area (Å²) in [5.74, 6) is 0. The van der Waals surface area contributed by atoms with Crippen molar-refractivity contribution in [3.63, 3.8) is 0 Å². The zero-order valence-electron chi connectivity index (χ0n) is 15.3. The lowest BCUT2D eigenvalue weighted by molar-refractivity contribution is -0.00000502. The van der Waals surface area contributed by atoms with Gasteiger partial charge in [0, 0.05) is 0 Å². The highest BCUT2D eigenvalue weighted by molar-refractivity contribution is 8.01. The number of benzene rings is 4. The monoisotopic (exact) mass is 480 g/mol. The van der Waals surface area contributed by atoms with Gasteiger partial charge in [0.1, 0.15) is 28.5 Å². The van der Waals surface area contributed by atoms with Gasteiger partial charge in [-0.2, -0.15) is 0 Å². The lowest BCUT2D eigenvalue weighted by Gasteiger charge is -2.27. The lowest BCUT2D eigenvalue weighted by atomic mass is 10.2. The highest BCUT2D eigenvalue weighted by Gasteiger charge is 2.47. The Hall–Kier alpha value is -1.96. The predicted molar refractivity (Wildman–Crippen MR) is 116 cm³/mol. The molecule has 0 saturated carbocycles. The van der Waals surface area contributed by atoms with Crippen molar-refractivity contribution in [2.45, 2.75) is 6.92 Å². The minimum absolute atomic E-state index is 0. The van der Waals surface area contributed by atoms with Gasteiger partial charge < -0.3 is 24.0 Å². The van der Waals surface area contributed by atoms with Gasteiger partial charge in [-0.3, -0.25) is 0 Å². The van der Waals surface area contributed by atoms with Crippen molar-refractivity contribution >= 4 is 28.5 Å². The Labute approximate surface area is 179 Å². The van der Waals surface area contributed by atoms with Gasteiger partial charge in [-0.25, -0.2) is 0 Å². The Kier molecular flexibility index (Phi) is 6.46. The Bertz CT molecular complexity index is 868. The van der Waals surface area contributed by atoms with E-state index in [1.807, 2.05) is 0 Å². The first-order chi connectivity index (χ1) is 12.8. The molecule has 0 amide bonds. The SMILES string of the molecule is Cc1ccc([P+](c2ccccc2)(c2ccccc2)c2ccccc2)cc1.[I-]. The summed E-state index contributed by atoms with van der Waals surface area (Å²) < 4.78 is 0. The third-order valence-corrected chi connectivity index (χ3v) is 9.14. The fourth-order valence-electron chi connectivity index (χ4n) is 3.62. The van der Waals surface area contributed by atoms with Crippen molar-refractivity contribution in [3.8, 4) is 0 Å². The molecule has 0 spiro atoms. The van der Waals surface area contributed by atoms with Crippen LogP contribution in [-0.2, 0) is 0 Å². The van der Waals surface area contributed by atoms with E-state index in [-0.39, 0.29) is 24.0 Å². The molecule has 4 aromatic carbocycles. The first-order valence-electron chi connectivity index (χ1n) is 8.95.